The molecule has 0 spiro atoms. The summed E-state index contributed by atoms with van der Waals surface area (Å²) in [6.07, 6.45) is 0.931. The van der Waals surface area contributed by atoms with Crippen molar-refractivity contribution in [3.8, 4) is 0 Å². The van der Waals surface area contributed by atoms with Gasteiger partial charge in [0.05, 0.1) is 26.2 Å². The zero-order chi connectivity index (χ0) is 19.4. The maximum absolute atomic E-state index is 12.5. The van der Waals surface area contributed by atoms with Crippen molar-refractivity contribution in [1.29, 1.82) is 0 Å². The van der Waals surface area contributed by atoms with Crippen molar-refractivity contribution in [2.45, 2.75) is 46.6 Å². The van der Waals surface area contributed by atoms with Crippen LogP contribution in [-0.2, 0) is 4.79 Å². The molecular weight excluding hydrogens is 326 g/mol. The monoisotopic (exact) mass is 360 g/mol. The van der Waals surface area contributed by atoms with Gasteiger partial charge in [-0.25, -0.2) is 0 Å². The van der Waals surface area contributed by atoms with Gasteiger partial charge < -0.3 is 15.1 Å². The number of carbonyl (C=O) groups excluding carboxylic acids is 2. The number of benzene rings is 1. The number of quaternary nitrogens is 1. The summed E-state index contributed by atoms with van der Waals surface area (Å²) < 4.78 is 0. The Labute approximate surface area is 157 Å². The Hall–Kier alpha value is -1.88. The van der Waals surface area contributed by atoms with E-state index in [2.05, 4.69) is 39.9 Å². The van der Waals surface area contributed by atoms with E-state index >= 15 is 0 Å². The average Bonchev–Trinajstić information content (AvgIpc) is 2.52. The predicted molar refractivity (Wildman–Crippen MR) is 104 cm³/mol. The van der Waals surface area contributed by atoms with Crippen LogP contribution in [-0.4, -0.2) is 55.0 Å². The minimum Gasteiger partial charge on any atom is -0.346 e. The topological polar surface area (TPSA) is 53.9 Å². The average molecular weight is 361 g/mol. The van der Waals surface area contributed by atoms with E-state index in [1.165, 1.54) is 4.90 Å². The van der Waals surface area contributed by atoms with Gasteiger partial charge in [-0.15, -0.1) is 0 Å². The molecule has 1 aliphatic heterocycles. The standard InChI is InChI=1S/C21H33N3O2/c1-20(2,3)16-21(4,5)22-18(25)15-23-11-13-24(14-12-23)19(26)17-9-7-6-8-10-17/h6-10H,11-16H2,1-5H3,(H,22,25)/p+1. The number of nitrogens with one attached hydrogen (secondary N) is 2. The summed E-state index contributed by atoms with van der Waals surface area (Å²) in [7, 11) is 0. The molecule has 0 unspecified atom stereocenters. The Bertz CT molecular complexity index is 612. The highest BCUT2D eigenvalue weighted by Crippen LogP contribution is 2.26. The molecular formula is C21H34N3O2+. The lowest BCUT2D eigenvalue weighted by Crippen LogP contribution is -3.16. The second-order valence-electron chi connectivity index (χ2n) is 9.25. The Morgan fingerprint density at radius 2 is 1.62 bits per heavy atom. The Morgan fingerprint density at radius 1 is 1.04 bits per heavy atom. The van der Waals surface area contributed by atoms with Crippen molar-refractivity contribution in [3.05, 3.63) is 35.9 Å². The van der Waals surface area contributed by atoms with Gasteiger partial charge in [-0.05, 0) is 37.8 Å². The van der Waals surface area contributed by atoms with Gasteiger partial charge in [0.2, 0.25) is 0 Å². The highest BCUT2D eigenvalue weighted by molar-refractivity contribution is 5.94. The molecule has 2 N–H and O–H groups in total. The molecule has 26 heavy (non-hydrogen) atoms. The Morgan fingerprint density at radius 3 is 2.15 bits per heavy atom. The molecule has 144 valence electrons. The number of carbonyl (C=O) groups is 2. The molecule has 0 bridgehead atoms. The molecule has 5 nitrogen and oxygen atoms in total. The molecule has 1 saturated heterocycles. The Kier molecular flexibility index (Phi) is 6.45. The van der Waals surface area contributed by atoms with E-state index in [4.69, 9.17) is 0 Å². The molecule has 1 aliphatic rings. The minimum absolute atomic E-state index is 0.0837. The van der Waals surface area contributed by atoms with Crippen LogP contribution < -0.4 is 10.2 Å². The van der Waals surface area contributed by atoms with E-state index in [1.54, 1.807) is 0 Å². The maximum atomic E-state index is 12.5. The molecule has 0 aromatic heterocycles. The van der Waals surface area contributed by atoms with Crippen molar-refractivity contribution in [2.75, 3.05) is 32.7 Å². The van der Waals surface area contributed by atoms with E-state index in [1.807, 2.05) is 35.2 Å². The van der Waals surface area contributed by atoms with Gasteiger partial charge in [0.25, 0.3) is 11.8 Å². The predicted octanol–water partition coefficient (Wildman–Crippen LogP) is 1.36. The van der Waals surface area contributed by atoms with Crippen LogP contribution in [0, 0.1) is 5.41 Å². The number of hydrogen-bond acceptors (Lipinski definition) is 2. The first kappa shape index (κ1) is 20.4. The fraction of sp³-hybridized carbons (Fsp3) is 0.619. The fourth-order valence-electron chi connectivity index (χ4n) is 3.98. The number of nitrogens with zero attached hydrogens (tertiary/aromatic N) is 1. The van der Waals surface area contributed by atoms with Crippen molar-refractivity contribution >= 4 is 11.8 Å². The van der Waals surface area contributed by atoms with E-state index in [0.29, 0.717) is 19.6 Å². The van der Waals surface area contributed by atoms with E-state index in [0.717, 1.165) is 25.1 Å². The fourth-order valence-corrected chi connectivity index (χ4v) is 3.98. The van der Waals surface area contributed by atoms with Crippen LogP contribution in [0.15, 0.2) is 30.3 Å². The summed E-state index contributed by atoms with van der Waals surface area (Å²) >= 11 is 0. The first-order valence-electron chi connectivity index (χ1n) is 9.55. The number of amides is 2. The summed E-state index contributed by atoms with van der Waals surface area (Å²) in [6, 6.07) is 9.40. The maximum Gasteiger partial charge on any atom is 0.275 e. The molecule has 1 fully saturated rings. The summed E-state index contributed by atoms with van der Waals surface area (Å²) in [6.45, 7) is 14.2. The molecule has 0 radical (unpaired) electrons. The van der Waals surface area contributed by atoms with Gasteiger partial charge in [-0.1, -0.05) is 39.0 Å². The van der Waals surface area contributed by atoms with Crippen LogP contribution in [0.3, 0.4) is 0 Å². The van der Waals surface area contributed by atoms with Crippen LogP contribution in [0.4, 0.5) is 0 Å². The molecule has 1 heterocycles. The SMILES string of the molecule is CC(C)(C)CC(C)(C)NC(=O)C[NH+]1CCN(C(=O)c2ccccc2)CC1. The third kappa shape index (κ3) is 6.45. The van der Waals surface area contributed by atoms with Gasteiger partial charge in [0.15, 0.2) is 6.54 Å². The largest absolute Gasteiger partial charge is 0.346 e. The van der Waals surface area contributed by atoms with Crippen LogP contribution in [0.2, 0.25) is 0 Å². The third-order valence-electron chi connectivity index (χ3n) is 4.64. The molecule has 5 heteroatoms. The van der Waals surface area contributed by atoms with E-state index < -0.39 is 0 Å². The van der Waals surface area contributed by atoms with Gasteiger partial charge in [0.1, 0.15) is 0 Å². The third-order valence-corrected chi connectivity index (χ3v) is 4.64. The number of rotatable bonds is 5. The van der Waals surface area contributed by atoms with Crippen LogP contribution in [0.5, 0.6) is 0 Å². The summed E-state index contributed by atoms with van der Waals surface area (Å²) in [5, 5.41) is 3.18. The number of piperazine rings is 1. The van der Waals surface area contributed by atoms with Gasteiger partial charge in [-0.2, -0.15) is 0 Å². The van der Waals surface area contributed by atoms with Crippen molar-refractivity contribution in [1.82, 2.24) is 10.2 Å². The summed E-state index contributed by atoms with van der Waals surface area (Å²) in [4.78, 5) is 28.1. The second kappa shape index (κ2) is 8.21. The second-order valence-corrected chi connectivity index (χ2v) is 9.25. The highest BCUT2D eigenvalue weighted by Gasteiger charge is 2.30. The van der Waals surface area contributed by atoms with Crippen LogP contribution in [0.1, 0.15) is 51.4 Å². The smallest absolute Gasteiger partial charge is 0.275 e. The van der Waals surface area contributed by atoms with Crippen molar-refractivity contribution in [2.24, 2.45) is 5.41 Å². The van der Waals surface area contributed by atoms with Crippen molar-refractivity contribution < 1.29 is 14.5 Å². The zero-order valence-electron chi connectivity index (χ0n) is 16.9. The van der Waals surface area contributed by atoms with Crippen molar-refractivity contribution in [3.63, 3.8) is 0 Å². The first-order chi connectivity index (χ1) is 12.1. The van der Waals surface area contributed by atoms with Gasteiger partial charge in [0, 0.05) is 11.1 Å². The van der Waals surface area contributed by atoms with Crippen LogP contribution in [0.25, 0.3) is 0 Å². The van der Waals surface area contributed by atoms with E-state index in [-0.39, 0.29) is 22.8 Å². The molecule has 1 aromatic carbocycles. The van der Waals surface area contributed by atoms with E-state index in [9.17, 15) is 9.59 Å². The van der Waals surface area contributed by atoms with Gasteiger partial charge in [-0.3, -0.25) is 9.59 Å². The molecule has 0 atom stereocenters. The van der Waals surface area contributed by atoms with Gasteiger partial charge >= 0.3 is 0 Å². The number of hydrogen-bond donors (Lipinski definition) is 2. The zero-order valence-corrected chi connectivity index (χ0v) is 16.9. The molecule has 2 amide bonds. The highest BCUT2D eigenvalue weighted by atomic mass is 16.2. The minimum atomic E-state index is -0.208. The molecule has 1 aromatic rings. The quantitative estimate of drug-likeness (QED) is 0.833. The molecule has 0 saturated carbocycles. The molecule has 0 aliphatic carbocycles. The summed E-state index contributed by atoms with van der Waals surface area (Å²) in [5.41, 5.74) is 0.699. The first-order valence-corrected chi connectivity index (χ1v) is 9.55. The lowest BCUT2D eigenvalue weighted by Gasteiger charge is -2.35. The lowest BCUT2D eigenvalue weighted by molar-refractivity contribution is -0.896. The molecule has 2 rings (SSSR count). The Balaban J connectivity index is 1.79. The lowest BCUT2D eigenvalue weighted by atomic mass is 9.82. The summed E-state index contributed by atoms with van der Waals surface area (Å²) in [5.74, 6) is 0.178. The van der Waals surface area contributed by atoms with Crippen LogP contribution >= 0.6 is 0 Å². The normalized spacial score (nSPS) is 16.4.